The predicted octanol–water partition coefficient (Wildman–Crippen LogP) is 0.970. The third-order valence-electron chi connectivity index (χ3n) is 2.20. The summed E-state index contributed by atoms with van der Waals surface area (Å²) < 4.78 is 5.87. The summed E-state index contributed by atoms with van der Waals surface area (Å²) >= 11 is 1.36. The smallest absolute Gasteiger partial charge is 0.131 e. The minimum absolute atomic E-state index is 0.0359. The molecule has 0 fully saturated rings. The van der Waals surface area contributed by atoms with Gasteiger partial charge in [0.15, 0.2) is 0 Å². The monoisotopic (exact) mass is 223 g/mol. The summed E-state index contributed by atoms with van der Waals surface area (Å²) in [4.78, 5) is 4.33. The predicted molar refractivity (Wildman–Crippen MR) is 58.6 cm³/mol. The molecule has 0 aliphatic carbocycles. The molecule has 80 valence electrons. The van der Waals surface area contributed by atoms with Crippen LogP contribution in [-0.2, 0) is 7.05 Å². The summed E-state index contributed by atoms with van der Waals surface area (Å²) in [6.07, 6.45) is 3.72. The van der Waals surface area contributed by atoms with Crippen LogP contribution in [0.5, 0.6) is 0 Å². The van der Waals surface area contributed by atoms with E-state index in [-0.39, 0.29) is 6.04 Å². The van der Waals surface area contributed by atoms with Gasteiger partial charge in [0.1, 0.15) is 17.6 Å². The molecule has 0 saturated heterocycles. The van der Waals surface area contributed by atoms with Gasteiger partial charge in [0.05, 0.1) is 0 Å². The lowest BCUT2D eigenvalue weighted by Gasteiger charge is -2.14. The van der Waals surface area contributed by atoms with Crippen LogP contribution >= 0.6 is 11.5 Å². The van der Waals surface area contributed by atoms with Crippen LogP contribution in [0.3, 0.4) is 0 Å². The third kappa shape index (κ3) is 2.05. The van der Waals surface area contributed by atoms with Gasteiger partial charge in [-0.1, -0.05) is 11.4 Å². The molecule has 0 aliphatic heterocycles. The average molecular weight is 223 g/mol. The second-order valence-electron chi connectivity index (χ2n) is 3.22. The van der Waals surface area contributed by atoms with E-state index in [1.165, 1.54) is 11.5 Å². The minimum atomic E-state index is 0.0359. The molecule has 2 rings (SSSR count). The molecule has 2 aromatic rings. The number of aromatic nitrogens is 4. The van der Waals surface area contributed by atoms with Crippen molar-refractivity contribution < 1.29 is 0 Å². The maximum atomic E-state index is 4.33. The normalized spacial score (nSPS) is 12.9. The lowest BCUT2D eigenvalue weighted by molar-refractivity contribution is 0.563. The van der Waals surface area contributed by atoms with Crippen molar-refractivity contribution >= 4 is 11.5 Å². The first-order valence-corrected chi connectivity index (χ1v) is 5.64. The summed E-state index contributed by atoms with van der Waals surface area (Å²) in [6, 6.07) is 0.0359. The molecule has 5 nitrogen and oxygen atoms in total. The van der Waals surface area contributed by atoms with Crippen LogP contribution in [0, 0.1) is 0 Å². The van der Waals surface area contributed by atoms with Gasteiger partial charge in [-0.3, -0.25) is 0 Å². The molecule has 6 heteroatoms. The van der Waals surface area contributed by atoms with Crippen molar-refractivity contribution in [1.29, 1.82) is 0 Å². The largest absolute Gasteiger partial charge is 0.336 e. The van der Waals surface area contributed by atoms with E-state index in [1.807, 2.05) is 23.2 Å². The Morgan fingerprint density at radius 2 is 2.47 bits per heavy atom. The third-order valence-corrected chi connectivity index (χ3v) is 2.72. The van der Waals surface area contributed by atoms with E-state index in [4.69, 9.17) is 0 Å². The van der Waals surface area contributed by atoms with Gasteiger partial charge in [0.2, 0.25) is 0 Å². The summed E-state index contributed by atoms with van der Waals surface area (Å²) in [5.41, 5.74) is 0.927. The molecule has 1 unspecified atom stereocenters. The molecule has 1 N–H and O–H groups in total. The van der Waals surface area contributed by atoms with E-state index in [1.54, 1.807) is 6.20 Å². The standard InChI is InChI=1S/C9H13N5S/c1-3-10-8(7-6-15-13-12-7)9-11-4-5-14(9)2/h4-6,8,10H,3H2,1-2H3. The molecule has 0 bridgehead atoms. The number of aryl methyl sites for hydroxylation is 1. The molecular formula is C9H13N5S. The van der Waals surface area contributed by atoms with Crippen LogP contribution in [0.2, 0.25) is 0 Å². The van der Waals surface area contributed by atoms with Crippen molar-refractivity contribution in [3.05, 3.63) is 29.3 Å². The SMILES string of the molecule is CCNC(c1csnn1)c1nccn1C. The van der Waals surface area contributed by atoms with Crippen LogP contribution < -0.4 is 5.32 Å². The van der Waals surface area contributed by atoms with Crippen LogP contribution in [-0.4, -0.2) is 25.7 Å². The molecule has 2 aromatic heterocycles. The second-order valence-corrected chi connectivity index (χ2v) is 3.83. The van der Waals surface area contributed by atoms with Crippen LogP contribution in [0.15, 0.2) is 17.8 Å². The molecule has 1 atom stereocenters. The van der Waals surface area contributed by atoms with E-state index in [2.05, 4.69) is 26.8 Å². The first kappa shape index (κ1) is 10.3. The van der Waals surface area contributed by atoms with Crippen molar-refractivity contribution in [2.75, 3.05) is 6.54 Å². The zero-order valence-corrected chi connectivity index (χ0v) is 9.53. The fraction of sp³-hybridized carbons (Fsp3) is 0.444. The lowest BCUT2D eigenvalue weighted by Crippen LogP contribution is -2.25. The Labute approximate surface area is 92.3 Å². The maximum absolute atomic E-state index is 4.33. The second kappa shape index (κ2) is 4.50. The van der Waals surface area contributed by atoms with Gasteiger partial charge in [-0.25, -0.2) is 4.98 Å². The molecule has 0 radical (unpaired) electrons. The molecule has 0 aromatic carbocycles. The highest BCUT2D eigenvalue weighted by molar-refractivity contribution is 7.03. The van der Waals surface area contributed by atoms with E-state index in [9.17, 15) is 0 Å². The quantitative estimate of drug-likeness (QED) is 0.839. The van der Waals surface area contributed by atoms with E-state index >= 15 is 0 Å². The zero-order chi connectivity index (χ0) is 10.7. The first-order chi connectivity index (χ1) is 7.33. The number of nitrogens with zero attached hydrogens (tertiary/aromatic N) is 4. The zero-order valence-electron chi connectivity index (χ0n) is 8.71. The summed E-state index contributed by atoms with van der Waals surface area (Å²) in [5, 5.41) is 9.38. The van der Waals surface area contributed by atoms with Gasteiger partial charge in [0, 0.05) is 24.8 Å². The average Bonchev–Trinajstić information content (AvgIpc) is 2.85. The molecule has 2 heterocycles. The van der Waals surface area contributed by atoms with Crippen molar-refractivity contribution in [2.45, 2.75) is 13.0 Å². The number of nitrogens with one attached hydrogen (secondary N) is 1. The van der Waals surface area contributed by atoms with E-state index < -0.39 is 0 Å². The Morgan fingerprint density at radius 1 is 1.60 bits per heavy atom. The highest BCUT2D eigenvalue weighted by Crippen LogP contribution is 2.18. The van der Waals surface area contributed by atoms with Crippen molar-refractivity contribution in [3.63, 3.8) is 0 Å². The Kier molecular flexibility index (Phi) is 3.08. The number of rotatable bonds is 4. The van der Waals surface area contributed by atoms with Gasteiger partial charge in [-0.15, -0.1) is 5.10 Å². The van der Waals surface area contributed by atoms with E-state index in [0.29, 0.717) is 0 Å². The lowest BCUT2D eigenvalue weighted by atomic mass is 10.2. The minimum Gasteiger partial charge on any atom is -0.336 e. The fourth-order valence-corrected chi connectivity index (χ4v) is 1.96. The van der Waals surface area contributed by atoms with Crippen LogP contribution in [0.4, 0.5) is 0 Å². The highest BCUT2D eigenvalue weighted by atomic mass is 32.1. The van der Waals surface area contributed by atoms with Gasteiger partial charge in [-0.05, 0) is 18.1 Å². The van der Waals surface area contributed by atoms with Gasteiger partial charge >= 0.3 is 0 Å². The van der Waals surface area contributed by atoms with E-state index in [0.717, 1.165) is 18.1 Å². The Balaban J connectivity index is 2.32. The summed E-state index contributed by atoms with van der Waals surface area (Å²) in [7, 11) is 1.98. The molecular weight excluding hydrogens is 210 g/mol. The fourth-order valence-electron chi connectivity index (χ4n) is 1.49. The van der Waals surface area contributed by atoms with Crippen LogP contribution in [0.25, 0.3) is 0 Å². The number of hydrogen-bond donors (Lipinski definition) is 1. The number of hydrogen-bond acceptors (Lipinski definition) is 5. The molecule has 15 heavy (non-hydrogen) atoms. The highest BCUT2D eigenvalue weighted by Gasteiger charge is 2.19. The molecule has 0 spiro atoms. The van der Waals surface area contributed by atoms with Gasteiger partial charge < -0.3 is 9.88 Å². The van der Waals surface area contributed by atoms with Crippen molar-refractivity contribution in [1.82, 2.24) is 24.5 Å². The van der Waals surface area contributed by atoms with Crippen molar-refractivity contribution in [3.8, 4) is 0 Å². The first-order valence-electron chi connectivity index (χ1n) is 4.80. The molecule has 0 aliphatic rings. The van der Waals surface area contributed by atoms with Gasteiger partial charge in [-0.2, -0.15) is 0 Å². The summed E-state index contributed by atoms with van der Waals surface area (Å²) in [5.74, 6) is 0.963. The molecule has 0 amide bonds. The maximum Gasteiger partial charge on any atom is 0.131 e. The number of imidazole rings is 1. The topological polar surface area (TPSA) is 55.6 Å². The Morgan fingerprint density at radius 3 is 3.00 bits per heavy atom. The Hall–Kier alpha value is -1.27. The Bertz CT molecular complexity index is 408. The summed E-state index contributed by atoms with van der Waals surface area (Å²) in [6.45, 7) is 2.94. The van der Waals surface area contributed by atoms with Crippen molar-refractivity contribution in [2.24, 2.45) is 7.05 Å². The van der Waals surface area contributed by atoms with Crippen LogP contribution in [0.1, 0.15) is 24.5 Å². The van der Waals surface area contributed by atoms with Gasteiger partial charge in [0.25, 0.3) is 0 Å². The molecule has 0 saturated carbocycles.